The maximum absolute atomic E-state index is 13.1. The fourth-order valence-corrected chi connectivity index (χ4v) is 6.17. The van der Waals surface area contributed by atoms with Crippen molar-refractivity contribution in [2.24, 2.45) is 10.9 Å². The lowest BCUT2D eigenvalue weighted by molar-refractivity contribution is -0.900. The molecule has 198 valence electrons. The summed E-state index contributed by atoms with van der Waals surface area (Å²) in [6, 6.07) is -0.961. The molecule has 3 amide bonds. The van der Waals surface area contributed by atoms with Gasteiger partial charge in [-0.15, -0.1) is 11.8 Å². The number of carboxylic acids is 1. The molecule has 16 heteroatoms. The molecule has 0 bridgehead atoms. The van der Waals surface area contributed by atoms with Gasteiger partial charge in [0.2, 0.25) is 17.4 Å². The second-order valence-corrected chi connectivity index (χ2v) is 10.8. The number of carbonyl (C=O) groups is 4. The van der Waals surface area contributed by atoms with E-state index in [-0.39, 0.29) is 29.0 Å². The van der Waals surface area contributed by atoms with Gasteiger partial charge in [-0.2, -0.15) is 9.36 Å². The van der Waals surface area contributed by atoms with Gasteiger partial charge in [0.25, 0.3) is 11.8 Å². The number of rotatable bonds is 9. The van der Waals surface area contributed by atoms with Crippen molar-refractivity contribution in [3.63, 3.8) is 0 Å². The maximum atomic E-state index is 13.1. The molecule has 3 aliphatic rings. The number of primary amides is 1. The highest BCUT2D eigenvalue weighted by molar-refractivity contribution is 8.00. The number of nitrogens with zero attached hydrogens (tertiary/aromatic N) is 5. The summed E-state index contributed by atoms with van der Waals surface area (Å²) < 4.78 is 4.46. The SMILES string of the molecule is CCO/N=C(\C(=O)N[C@@H]1C(=O)N2C(C(=O)O)=C(C[N+]3(C)CC=C(C(N)=O)CC3)CS[C@H]12)c1nsc(N)n1. The quantitative estimate of drug-likeness (QED) is 0.126. The third-order valence-electron chi connectivity index (χ3n) is 6.28. The molecule has 1 aromatic heterocycles. The number of thioether (sulfide) groups is 1. The Kier molecular flexibility index (Phi) is 7.52. The number of carboxylic acid groups (broad SMARTS) is 1. The maximum Gasteiger partial charge on any atom is 0.352 e. The Bertz CT molecular complexity index is 1240. The fourth-order valence-electron chi connectivity index (χ4n) is 4.40. The van der Waals surface area contributed by atoms with E-state index in [0.29, 0.717) is 47.4 Å². The number of nitrogens with two attached hydrogens (primary N) is 2. The third kappa shape index (κ3) is 5.30. The van der Waals surface area contributed by atoms with E-state index >= 15 is 0 Å². The Morgan fingerprint density at radius 2 is 2.16 bits per heavy atom. The summed E-state index contributed by atoms with van der Waals surface area (Å²) >= 11 is 2.25. The number of oxime groups is 1. The van der Waals surface area contributed by atoms with Crippen LogP contribution in [0.4, 0.5) is 5.13 Å². The number of amides is 3. The van der Waals surface area contributed by atoms with E-state index in [4.69, 9.17) is 16.3 Å². The Balaban J connectivity index is 1.51. The number of nitrogens with one attached hydrogen (secondary N) is 1. The second kappa shape index (κ2) is 10.5. The molecule has 1 unspecified atom stereocenters. The van der Waals surface area contributed by atoms with E-state index in [1.54, 1.807) is 13.0 Å². The molecule has 0 radical (unpaired) electrons. The average Bonchev–Trinajstić information content (AvgIpc) is 3.28. The molecule has 37 heavy (non-hydrogen) atoms. The molecule has 4 heterocycles. The fraction of sp³-hybridized carbons (Fsp3) is 0.476. The first kappa shape index (κ1) is 26.6. The number of hydrogen-bond acceptors (Lipinski definition) is 11. The van der Waals surface area contributed by atoms with Gasteiger partial charge >= 0.3 is 5.97 Å². The molecule has 1 fully saturated rings. The smallest absolute Gasteiger partial charge is 0.352 e. The minimum absolute atomic E-state index is 0.0335. The highest BCUT2D eigenvalue weighted by Gasteiger charge is 2.55. The minimum Gasteiger partial charge on any atom is -0.477 e. The van der Waals surface area contributed by atoms with Crippen molar-refractivity contribution >= 4 is 57.8 Å². The van der Waals surface area contributed by atoms with Crippen LogP contribution in [0.3, 0.4) is 0 Å². The summed E-state index contributed by atoms with van der Waals surface area (Å²) in [6.07, 6.45) is 2.29. The van der Waals surface area contributed by atoms with Crippen LogP contribution in [0.15, 0.2) is 28.1 Å². The van der Waals surface area contributed by atoms with Gasteiger partial charge in [-0.1, -0.05) is 5.16 Å². The lowest BCUT2D eigenvalue weighted by Gasteiger charge is -2.50. The van der Waals surface area contributed by atoms with Crippen LogP contribution in [0.1, 0.15) is 19.2 Å². The first-order chi connectivity index (χ1) is 17.5. The van der Waals surface area contributed by atoms with Crippen molar-refractivity contribution in [2.45, 2.75) is 24.8 Å². The van der Waals surface area contributed by atoms with Crippen LogP contribution in [-0.4, -0.2) is 104 Å². The molecule has 6 N–H and O–H groups in total. The van der Waals surface area contributed by atoms with Gasteiger partial charge in [-0.25, -0.2) is 4.79 Å². The van der Waals surface area contributed by atoms with Gasteiger partial charge in [0.1, 0.15) is 30.3 Å². The van der Waals surface area contributed by atoms with Gasteiger partial charge in [0.15, 0.2) is 5.13 Å². The number of nitrogen functional groups attached to an aromatic ring is 1. The summed E-state index contributed by atoms with van der Waals surface area (Å²) in [4.78, 5) is 59.9. The van der Waals surface area contributed by atoms with Crippen molar-refractivity contribution in [3.05, 3.63) is 28.7 Å². The van der Waals surface area contributed by atoms with Crippen molar-refractivity contribution in [1.29, 1.82) is 0 Å². The number of hydrogen-bond donors (Lipinski definition) is 4. The van der Waals surface area contributed by atoms with Gasteiger partial charge in [0, 0.05) is 34.9 Å². The predicted molar refractivity (Wildman–Crippen MR) is 135 cm³/mol. The average molecular weight is 552 g/mol. The largest absolute Gasteiger partial charge is 0.477 e. The van der Waals surface area contributed by atoms with Crippen molar-refractivity contribution in [1.82, 2.24) is 19.6 Å². The van der Waals surface area contributed by atoms with Crippen molar-refractivity contribution < 1.29 is 33.6 Å². The Labute approximate surface area is 220 Å². The van der Waals surface area contributed by atoms with E-state index in [1.165, 1.54) is 16.7 Å². The van der Waals surface area contributed by atoms with E-state index in [9.17, 15) is 24.3 Å². The Hall–Kier alpha value is -3.50. The van der Waals surface area contributed by atoms with Crippen LogP contribution in [-0.2, 0) is 24.0 Å². The first-order valence-corrected chi connectivity index (χ1v) is 13.2. The lowest BCUT2D eigenvalue weighted by atomic mass is 10.0. The van der Waals surface area contributed by atoms with Gasteiger partial charge in [0.05, 0.1) is 20.1 Å². The predicted octanol–water partition coefficient (Wildman–Crippen LogP) is -1.14. The number of likely N-dealkylation sites (N-methyl/N-ethyl adjacent to an activating group) is 1. The summed E-state index contributed by atoms with van der Waals surface area (Å²) in [7, 11) is 1.97. The van der Waals surface area contributed by atoms with E-state index in [2.05, 4.69) is 19.8 Å². The number of aromatic nitrogens is 2. The number of fused-ring (bicyclic) bond motifs is 1. The van der Waals surface area contributed by atoms with E-state index in [1.807, 2.05) is 7.05 Å². The normalized spacial score (nSPS) is 25.7. The van der Waals surface area contributed by atoms with Gasteiger partial charge in [-0.3, -0.25) is 19.3 Å². The minimum atomic E-state index is -1.21. The molecule has 1 saturated heterocycles. The molecule has 3 atom stereocenters. The first-order valence-electron chi connectivity index (χ1n) is 11.4. The summed E-state index contributed by atoms with van der Waals surface area (Å²) in [5.41, 5.74) is 11.9. The van der Waals surface area contributed by atoms with Crippen molar-refractivity contribution in [2.75, 3.05) is 44.8 Å². The molecule has 1 aromatic rings. The zero-order valence-electron chi connectivity index (χ0n) is 20.2. The van der Waals surface area contributed by atoms with E-state index < -0.39 is 35.1 Å². The molecular weight excluding hydrogens is 524 g/mol. The summed E-state index contributed by atoms with van der Waals surface area (Å²) in [5, 5.41) is 15.9. The lowest BCUT2D eigenvalue weighted by Crippen LogP contribution is -2.71. The molecule has 0 aromatic carbocycles. The van der Waals surface area contributed by atoms with Crippen LogP contribution in [0.5, 0.6) is 0 Å². The standard InChI is InChI=1S/C21H26N8O6S2/c1-3-35-26-12(16-25-21(23)37-27-16)17(31)24-13-18(32)28-14(20(33)34)11(9-36-19(13)28)8-29(2)6-4-10(5-7-29)15(22)30/h4,13,19H,3,5-9H2,1-2H3,(H5-,22,23,24,25,27,30,31,33,34)/p+1/b26-12-/t13-,19-,29?/m1/s1. The summed E-state index contributed by atoms with van der Waals surface area (Å²) in [6.45, 7) is 3.41. The molecule has 4 rings (SSSR count). The van der Waals surface area contributed by atoms with E-state index in [0.717, 1.165) is 11.5 Å². The molecule has 0 spiro atoms. The van der Waals surface area contributed by atoms with Crippen LogP contribution < -0.4 is 16.8 Å². The number of aliphatic carboxylic acids is 1. The number of carbonyl (C=O) groups excluding carboxylic acids is 3. The highest BCUT2D eigenvalue weighted by Crippen LogP contribution is 2.41. The number of β-lactam (4-membered cyclic amide) rings is 1. The highest BCUT2D eigenvalue weighted by atomic mass is 32.2. The van der Waals surface area contributed by atoms with Crippen LogP contribution in [0, 0.1) is 0 Å². The molecule has 0 saturated carbocycles. The Morgan fingerprint density at radius 3 is 2.73 bits per heavy atom. The molecule has 14 nitrogen and oxygen atoms in total. The molecular formula is C21H27N8O6S2+. The zero-order valence-corrected chi connectivity index (χ0v) is 21.8. The third-order valence-corrected chi connectivity index (χ3v) is 8.16. The Morgan fingerprint density at radius 1 is 1.41 bits per heavy atom. The zero-order chi connectivity index (χ0) is 26.9. The summed E-state index contributed by atoms with van der Waals surface area (Å²) in [5.74, 6) is -2.60. The van der Waals surface area contributed by atoms with Crippen molar-refractivity contribution in [3.8, 4) is 0 Å². The van der Waals surface area contributed by atoms with Crippen LogP contribution in [0.25, 0.3) is 0 Å². The molecule has 3 aliphatic heterocycles. The topological polar surface area (TPSA) is 203 Å². The monoisotopic (exact) mass is 551 g/mol. The van der Waals surface area contributed by atoms with Gasteiger partial charge < -0.3 is 31.2 Å². The van der Waals surface area contributed by atoms with Gasteiger partial charge in [-0.05, 0) is 13.0 Å². The van der Waals surface area contributed by atoms with Crippen LogP contribution in [0.2, 0.25) is 0 Å². The van der Waals surface area contributed by atoms with Crippen LogP contribution >= 0.6 is 23.3 Å². The second-order valence-electron chi connectivity index (χ2n) is 8.96. The number of anilines is 1. The molecule has 0 aliphatic carbocycles. The number of quaternary nitrogens is 1.